The lowest BCUT2D eigenvalue weighted by atomic mass is 10.2. The first-order valence-corrected chi connectivity index (χ1v) is 8.48. The molecular weight excluding hydrogens is 359 g/mol. The molecule has 0 aliphatic rings. The van der Waals surface area contributed by atoms with Crippen LogP contribution in [0, 0.1) is 5.82 Å². The van der Waals surface area contributed by atoms with Gasteiger partial charge in [-0.3, -0.25) is 4.79 Å². The van der Waals surface area contributed by atoms with Crippen LogP contribution >= 0.6 is 0 Å². The van der Waals surface area contributed by atoms with Gasteiger partial charge in [0, 0.05) is 29.7 Å². The van der Waals surface area contributed by atoms with E-state index >= 15 is 0 Å². The largest absolute Gasteiger partial charge is 0.439 e. The zero-order valence-corrected chi connectivity index (χ0v) is 14.6. The van der Waals surface area contributed by atoms with Gasteiger partial charge in [0.25, 0.3) is 5.91 Å². The van der Waals surface area contributed by atoms with Crippen LogP contribution in [0.4, 0.5) is 10.1 Å². The molecule has 0 aliphatic carbocycles. The third kappa shape index (κ3) is 4.04. The van der Waals surface area contributed by atoms with Crippen molar-refractivity contribution < 1.29 is 13.9 Å². The number of ether oxygens (including phenoxy) is 1. The van der Waals surface area contributed by atoms with Gasteiger partial charge in [0.15, 0.2) is 0 Å². The Morgan fingerprint density at radius 2 is 1.68 bits per heavy atom. The van der Waals surface area contributed by atoms with Crippen molar-refractivity contribution in [3.8, 4) is 17.4 Å². The minimum absolute atomic E-state index is 0.319. The van der Waals surface area contributed by atoms with Crippen LogP contribution in [0.15, 0.2) is 85.5 Å². The van der Waals surface area contributed by atoms with E-state index in [4.69, 9.17) is 4.74 Å². The Morgan fingerprint density at radius 1 is 0.964 bits per heavy atom. The molecule has 0 spiro atoms. The van der Waals surface area contributed by atoms with Gasteiger partial charge in [-0.1, -0.05) is 0 Å². The van der Waals surface area contributed by atoms with Gasteiger partial charge in [-0.05, 0) is 60.7 Å². The zero-order valence-electron chi connectivity index (χ0n) is 14.6. The predicted octanol–water partition coefficient (Wildman–Crippen LogP) is 4.45. The number of benzene rings is 2. The number of hydrogen-bond acceptors (Lipinski definition) is 4. The molecule has 138 valence electrons. The minimum Gasteiger partial charge on any atom is -0.439 e. The lowest BCUT2D eigenvalue weighted by Gasteiger charge is -2.08. The van der Waals surface area contributed by atoms with Crippen molar-refractivity contribution in [2.24, 2.45) is 0 Å². The standard InChI is InChI=1S/C21H15FN4O2/c22-16-5-3-15(4-6-16)21(27)25-17-7-9-18(10-8-17)28-20-13-19(23-14-24-20)26-11-1-2-12-26/h1-14H,(H,25,27). The van der Waals surface area contributed by atoms with Crippen molar-refractivity contribution in [1.29, 1.82) is 0 Å². The molecule has 1 N–H and O–H groups in total. The lowest BCUT2D eigenvalue weighted by molar-refractivity contribution is 0.102. The number of halogens is 1. The topological polar surface area (TPSA) is 69.0 Å². The van der Waals surface area contributed by atoms with Gasteiger partial charge < -0.3 is 14.6 Å². The Kier molecular flexibility index (Phi) is 4.79. The highest BCUT2D eigenvalue weighted by Gasteiger charge is 2.07. The third-order valence-electron chi connectivity index (χ3n) is 3.94. The summed E-state index contributed by atoms with van der Waals surface area (Å²) in [5.41, 5.74) is 0.970. The van der Waals surface area contributed by atoms with E-state index in [1.807, 2.05) is 29.1 Å². The van der Waals surface area contributed by atoms with Gasteiger partial charge in [0.05, 0.1) is 0 Å². The van der Waals surface area contributed by atoms with E-state index in [-0.39, 0.29) is 11.7 Å². The van der Waals surface area contributed by atoms with Gasteiger partial charge in [0.1, 0.15) is 23.7 Å². The van der Waals surface area contributed by atoms with E-state index in [2.05, 4.69) is 15.3 Å². The van der Waals surface area contributed by atoms with E-state index in [0.717, 1.165) is 0 Å². The molecule has 7 heteroatoms. The highest BCUT2D eigenvalue weighted by molar-refractivity contribution is 6.04. The highest BCUT2D eigenvalue weighted by Crippen LogP contribution is 2.22. The van der Waals surface area contributed by atoms with E-state index < -0.39 is 0 Å². The summed E-state index contributed by atoms with van der Waals surface area (Å²) in [5, 5.41) is 2.75. The zero-order chi connectivity index (χ0) is 19.3. The summed E-state index contributed by atoms with van der Waals surface area (Å²) in [7, 11) is 0. The number of anilines is 1. The quantitative estimate of drug-likeness (QED) is 0.560. The van der Waals surface area contributed by atoms with Crippen LogP contribution in [0.5, 0.6) is 11.6 Å². The molecule has 2 aromatic carbocycles. The summed E-state index contributed by atoms with van der Waals surface area (Å²) in [4.78, 5) is 20.5. The first kappa shape index (κ1) is 17.4. The Hall–Kier alpha value is -4.00. The first-order chi connectivity index (χ1) is 13.7. The number of hydrogen-bond donors (Lipinski definition) is 1. The molecule has 2 aromatic heterocycles. The fourth-order valence-corrected chi connectivity index (χ4v) is 2.55. The molecule has 6 nitrogen and oxygen atoms in total. The molecule has 28 heavy (non-hydrogen) atoms. The third-order valence-corrected chi connectivity index (χ3v) is 3.94. The molecule has 0 fully saturated rings. The number of nitrogens with zero attached hydrogens (tertiary/aromatic N) is 3. The van der Waals surface area contributed by atoms with Crippen molar-refractivity contribution in [3.63, 3.8) is 0 Å². The van der Waals surface area contributed by atoms with Crippen LogP contribution in [0.3, 0.4) is 0 Å². The van der Waals surface area contributed by atoms with Crippen LogP contribution in [-0.4, -0.2) is 20.4 Å². The van der Waals surface area contributed by atoms with Gasteiger partial charge >= 0.3 is 0 Å². The molecule has 2 heterocycles. The Balaban J connectivity index is 1.43. The summed E-state index contributed by atoms with van der Waals surface area (Å²) >= 11 is 0. The van der Waals surface area contributed by atoms with Gasteiger partial charge in [-0.2, -0.15) is 0 Å². The molecule has 4 aromatic rings. The number of amides is 1. The van der Waals surface area contributed by atoms with Crippen molar-refractivity contribution in [2.75, 3.05) is 5.32 Å². The maximum Gasteiger partial charge on any atom is 0.255 e. The summed E-state index contributed by atoms with van der Waals surface area (Å²) in [6.45, 7) is 0. The monoisotopic (exact) mass is 374 g/mol. The molecule has 0 atom stereocenters. The van der Waals surface area contributed by atoms with E-state index in [1.54, 1.807) is 30.3 Å². The Bertz CT molecular complexity index is 1080. The molecule has 4 rings (SSSR count). The summed E-state index contributed by atoms with van der Waals surface area (Å²) in [6.07, 6.45) is 5.19. The van der Waals surface area contributed by atoms with Crippen LogP contribution in [0.2, 0.25) is 0 Å². The predicted molar refractivity (Wildman–Crippen MR) is 102 cm³/mol. The average Bonchev–Trinajstić information content (AvgIpc) is 3.25. The fourth-order valence-electron chi connectivity index (χ4n) is 2.55. The summed E-state index contributed by atoms with van der Waals surface area (Å²) in [5.74, 6) is 0.959. The van der Waals surface area contributed by atoms with Gasteiger partial charge in [-0.25, -0.2) is 14.4 Å². The maximum atomic E-state index is 12.9. The van der Waals surface area contributed by atoms with Crippen LogP contribution in [0.1, 0.15) is 10.4 Å². The van der Waals surface area contributed by atoms with Crippen molar-refractivity contribution in [3.05, 3.63) is 96.8 Å². The summed E-state index contributed by atoms with van der Waals surface area (Å²) < 4.78 is 20.6. The lowest BCUT2D eigenvalue weighted by Crippen LogP contribution is -2.11. The molecule has 0 aliphatic heterocycles. The van der Waals surface area contributed by atoms with Crippen molar-refractivity contribution >= 4 is 11.6 Å². The van der Waals surface area contributed by atoms with Gasteiger partial charge in [-0.15, -0.1) is 0 Å². The number of aromatic nitrogens is 3. The molecule has 0 saturated heterocycles. The van der Waals surface area contributed by atoms with E-state index in [0.29, 0.717) is 28.7 Å². The second-order valence-electron chi connectivity index (χ2n) is 5.89. The molecule has 0 unspecified atom stereocenters. The SMILES string of the molecule is O=C(Nc1ccc(Oc2cc(-n3cccc3)ncn2)cc1)c1ccc(F)cc1. The average molecular weight is 374 g/mol. The highest BCUT2D eigenvalue weighted by atomic mass is 19.1. The second kappa shape index (κ2) is 7.71. The van der Waals surface area contributed by atoms with E-state index in [1.165, 1.54) is 30.6 Å². The van der Waals surface area contributed by atoms with Crippen LogP contribution < -0.4 is 10.1 Å². The molecular formula is C21H15FN4O2. The summed E-state index contributed by atoms with van der Waals surface area (Å²) in [6, 6.07) is 17.8. The Morgan fingerprint density at radius 3 is 2.39 bits per heavy atom. The Labute approximate surface area is 160 Å². The number of carbonyl (C=O) groups is 1. The number of carbonyl (C=O) groups excluding carboxylic acids is 1. The number of rotatable bonds is 5. The molecule has 1 amide bonds. The maximum absolute atomic E-state index is 12.9. The smallest absolute Gasteiger partial charge is 0.255 e. The normalized spacial score (nSPS) is 10.5. The van der Waals surface area contributed by atoms with Crippen molar-refractivity contribution in [1.82, 2.24) is 14.5 Å². The first-order valence-electron chi connectivity index (χ1n) is 8.48. The number of nitrogens with one attached hydrogen (secondary N) is 1. The fraction of sp³-hybridized carbons (Fsp3) is 0. The van der Waals surface area contributed by atoms with Crippen LogP contribution in [0.25, 0.3) is 5.82 Å². The van der Waals surface area contributed by atoms with Crippen LogP contribution in [-0.2, 0) is 0 Å². The minimum atomic E-state index is -0.386. The second-order valence-corrected chi connectivity index (χ2v) is 5.89. The van der Waals surface area contributed by atoms with E-state index in [9.17, 15) is 9.18 Å². The molecule has 0 bridgehead atoms. The molecule has 0 radical (unpaired) electrons. The molecule has 0 saturated carbocycles. The van der Waals surface area contributed by atoms with Gasteiger partial charge in [0.2, 0.25) is 5.88 Å². The van der Waals surface area contributed by atoms with Crippen molar-refractivity contribution in [2.45, 2.75) is 0 Å².